The van der Waals surface area contributed by atoms with Crippen molar-refractivity contribution in [1.29, 1.82) is 0 Å². The van der Waals surface area contributed by atoms with E-state index in [1.807, 2.05) is 51.1 Å². The number of aryl methyl sites for hydroxylation is 2. The molecule has 3 rings (SSSR count). The number of ketones is 1. The number of likely N-dealkylation sites (tertiary alicyclic amines) is 1. The summed E-state index contributed by atoms with van der Waals surface area (Å²) in [5, 5.41) is 11.4. The Kier molecular flexibility index (Phi) is 7.76. The van der Waals surface area contributed by atoms with Gasteiger partial charge in [0.15, 0.2) is 0 Å². The van der Waals surface area contributed by atoms with Crippen LogP contribution in [0.4, 0.5) is 0 Å². The van der Waals surface area contributed by atoms with E-state index in [1.54, 1.807) is 20.3 Å². The number of amides is 1. The summed E-state index contributed by atoms with van der Waals surface area (Å²) in [6.45, 7) is 6.84. The molecule has 0 spiro atoms. The number of aliphatic hydroxyl groups excluding tert-OH is 1. The van der Waals surface area contributed by atoms with Crippen LogP contribution in [0.5, 0.6) is 11.5 Å². The second kappa shape index (κ2) is 10.5. The monoisotopic (exact) mass is 453 g/mol. The summed E-state index contributed by atoms with van der Waals surface area (Å²) in [5.74, 6) is -0.219. The van der Waals surface area contributed by atoms with Gasteiger partial charge in [0.25, 0.3) is 11.7 Å². The van der Waals surface area contributed by atoms with Gasteiger partial charge in [0, 0.05) is 25.8 Å². The van der Waals surface area contributed by atoms with E-state index in [4.69, 9.17) is 14.2 Å². The van der Waals surface area contributed by atoms with E-state index in [0.717, 1.165) is 11.1 Å². The van der Waals surface area contributed by atoms with Crippen molar-refractivity contribution in [1.82, 2.24) is 4.90 Å². The Morgan fingerprint density at radius 3 is 2.52 bits per heavy atom. The second-order valence-corrected chi connectivity index (χ2v) is 7.98. The fourth-order valence-electron chi connectivity index (χ4n) is 4.19. The lowest BCUT2D eigenvalue weighted by atomic mass is 9.93. The number of Topliss-reactive ketones (excluding diaryl/α,β-unsaturated/α-hetero) is 1. The van der Waals surface area contributed by atoms with Crippen LogP contribution in [0.3, 0.4) is 0 Å². The number of aliphatic hydroxyl groups is 1. The number of rotatable bonds is 9. The Morgan fingerprint density at radius 2 is 1.85 bits per heavy atom. The normalized spacial score (nSPS) is 17.5. The van der Waals surface area contributed by atoms with Crippen molar-refractivity contribution in [2.45, 2.75) is 33.2 Å². The first-order valence-corrected chi connectivity index (χ1v) is 11.0. The first-order valence-electron chi connectivity index (χ1n) is 11.0. The number of hydrogen-bond donors (Lipinski definition) is 1. The number of ether oxygens (including phenoxy) is 3. The highest BCUT2D eigenvalue weighted by Gasteiger charge is 2.46. The predicted molar refractivity (Wildman–Crippen MR) is 126 cm³/mol. The molecule has 0 radical (unpaired) electrons. The summed E-state index contributed by atoms with van der Waals surface area (Å²) in [6.07, 6.45) is 0.561. The molecular weight excluding hydrogens is 422 g/mol. The highest BCUT2D eigenvalue weighted by atomic mass is 16.5. The Balaban J connectivity index is 2.18. The first kappa shape index (κ1) is 24.3. The number of carbonyl (C=O) groups excluding carboxylic acids is 2. The number of benzene rings is 2. The minimum absolute atomic E-state index is 0.0683. The zero-order chi connectivity index (χ0) is 24.1. The molecule has 2 aromatic rings. The summed E-state index contributed by atoms with van der Waals surface area (Å²) in [4.78, 5) is 27.7. The van der Waals surface area contributed by atoms with Crippen LogP contribution in [0.15, 0.2) is 42.0 Å². The van der Waals surface area contributed by atoms with Gasteiger partial charge in [0.2, 0.25) is 0 Å². The van der Waals surface area contributed by atoms with Gasteiger partial charge in [0.1, 0.15) is 17.3 Å². The number of methoxy groups -OCH3 is 2. The van der Waals surface area contributed by atoms with Gasteiger partial charge in [-0.05, 0) is 68.1 Å². The van der Waals surface area contributed by atoms with Crippen LogP contribution >= 0.6 is 0 Å². The third-order valence-electron chi connectivity index (χ3n) is 5.77. The molecule has 176 valence electrons. The van der Waals surface area contributed by atoms with Crippen LogP contribution < -0.4 is 9.47 Å². The van der Waals surface area contributed by atoms with E-state index in [-0.39, 0.29) is 11.3 Å². The maximum atomic E-state index is 13.2. The average Bonchev–Trinajstić information content (AvgIpc) is 3.05. The fraction of sp³-hybridized carbons (Fsp3) is 0.385. The van der Waals surface area contributed by atoms with Crippen LogP contribution in [-0.2, 0) is 14.3 Å². The highest BCUT2D eigenvalue weighted by Crippen LogP contribution is 2.41. The molecule has 0 aromatic heterocycles. The summed E-state index contributed by atoms with van der Waals surface area (Å²) in [5.41, 5.74) is 2.81. The van der Waals surface area contributed by atoms with Crippen LogP contribution in [0.25, 0.3) is 5.76 Å². The molecule has 1 aliphatic heterocycles. The Hall–Kier alpha value is -3.32. The largest absolute Gasteiger partial charge is 0.507 e. The van der Waals surface area contributed by atoms with Crippen molar-refractivity contribution in [3.8, 4) is 11.5 Å². The number of nitrogens with zero attached hydrogens (tertiary/aromatic N) is 1. The lowest BCUT2D eigenvalue weighted by Gasteiger charge is -2.26. The molecule has 7 heteroatoms. The molecule has 0 aliphatic carbocycles. The molecule has 2 aromatic carbocycles. The molecule has 7 nitrogen and oxygen atoms in total. The predicted octanol–water partition coefficient (Wildman–Crippen LogP) is 4.17. The number of hydrogen-bond acceptors (Lipinski definition) is 6. The van der Waals surface area contributed by atoms with Gasteiger partial charge in [-0.3, -0.25) is 9.59 Å². The first-order chi connectivity index (χ1) is 15.8. The van der Waals surface area contributed by atoms with Gasteiger partial charge in [0.05, 0.1) is 25.3 Å². The van der Waals surface area contributed by atoms with Gasteiger partial charge in [-0.25, -0.2) is 0 Å². The SMILES string of the molecule is CCOc1cccc(C2/C(=C(\O)c3cc(C)c(OC)cc3C)C(=O)C(=O)N2CCCOC)c1. The molecule has 1 amide bonds. The lowest BCUT2D eigenvalue weighted by molar-refractivity contribution is -0.140. The second-order valence-electron chi connectivity index (χ2n) is 7.98. The molecule has 33 heavy (non-hydrogen) atoms. The molecular formula is C26H31NO6. The molecule has 0 saturated carbocycles. The van der Waals surface area contributed by atoms with Gasteiger partial charge in [-0.2, -0.15) is 0 Å². The molecule has 1 fully saturated rings. The molecule has 1 heterocycles. The maximum Gasteiger partial charge on any atom is 0.295 e. The zero-order valence-corrected chi connectivity index (χ0v) is 19.8. The molecule has 1 N–H and O–H groups in total. The zero-order valence-electron chi connectivity index (χ0n) is 19.8. The smallest absolute Gasteiger partial charge is 0.295 e. The minimum Gasteiger partial charge on any atom is -0.507 e. The van der Waals surface area contributed by atoms with E-state index in [0.29, 0.717) is 48.8 Å². The average molecular weight is 454 g/mol. The van der Waals surface area contributed by atoms with Crippen molar-refractivity contribution in [2.75, 3.05) is 34.0 Å². The standard InChI is InChI=1S/C26H31NO6/c1-6-33-19-10-7-9-18(15-19)23-22(25(29)26(30)27(23)11-8-12-31-4)24(28)20-13-17(3)21(32-5)14-16(20)2/h7,9-10,13-15,23,28H,6,8,11-12H2,1-5H3/b24-22+. The Morgan fingerprint density at radius 1 is 1.09 bits per heavy atom. The third kappa shape index (κ3) is 4.88. The third-order valence-corrected chi connectivity index (χ3v) is 5.77. The number of carbonyl (C=O) groups is 2. The Bertz CT molecular complexity index is 1070. The van der Waals surface area contributed by atoms with Crippen LogP contribution in [0.1, 0.15) is 41.6 Å². The quantitative estimate of drug-likeness (QED) is 0.266. The van der Waals surface area contributed by atoms with Gasteiger partial charge in [-0.1, -0.05) is 12.1 Å². The van der Waals surface area contributed by atoms with E-state index >= 15 is 0 Å². The van der Waals surface area contributed by atoms with E-state index in [9.17, 15) is 14.7 Å². The van der Waals surface area contributed by atoms with Crippen molar-refractivity contribution < 1.29 is 28.9 Å². The summed E-state index contributed by atoms with van der Waals surface area (Å²) in [7, 11) is 3.17. The molecule has 1 saturated heterocycles. The lowest BCUT2D eigenvalue weighted by Crippen LogP contribution is -2.31. The molecule has 1 atom stereocenters. The van der Waals surface area contributed by atoms with Gasteiger partial charge >= 0.3 is 0 Å². The van der Waals surface area contributed by atoms with Crippen molar-refractivity contribution >= 4 is 17.4 Å². The van der Waals surface area contributed by atoms with Crippen LogP contribution in [0.2, 0.25) is 0 Å². The van der Waals surface area contributed by atoms with E-state index in [1.165, 1.54) is 4.90 Å². The maximum absolute atomic E-state index is 13.2. The van der Waals surface area contributed by atoms with Crippen LogP contribution in [-0.4, -0.2) is 55.7 Å². The topological polar surface area (TPSA) is 85.3 Å². The molecule has 0 bridgehead atoms. The van der Waals surface area contributed by atoms with Gasteiger partial charge in [-0.15, -0.1) is 0 Å². The summed E-state index contributed by atoms with van der Waals surface area (Å²) >= 11 is 0. The minimum atomic E-state index is -0.732. The van der Waals surface area contributed by atoms with Crippen molar-refractivity contribution in [2.24, 2.45) is 0 Å². The van der Waals surface area contributed by atoms with E-state index < -0.39 is 17.7 Å². The van der Waals surface area contributed by atoms with Crippen LogP contribution in [0, 0.1) is 13.8 Å². The van der Waals surface area contributed by atoms with Crippen molar-refractivity contribution in [3.05, 3.63) is 64.2 Å². The molecule has 1 aliphatic rings. The molecule has 1 unspecified atom stereocenters. The summed E-state index contributed by atoms with van der Waals surface area (Å²) < 4.78 is 16.1. The highest BCUT2D eigenvalue weighted by molar-refractivity contribution is 6.46. The fourth-order valence-corrected chi connectivity index (χ4v) is 4.19. The van der Waals surface area contributed by atoms with Gasteiger partial charge < -0.3 is 24.2 Å². The van der Waals surface area contributed by atoms with Crippen molar-refractivity contribution in [3.63, 3.8) is 0 Å². The summed E-state index contributed by atoms with van der Waals surface area (Å²) in [6, 6.07) is 10.1. The van der Waals surface area contributed by atoms with E-state index in [2.05, 4.69) is 0 Å². The Labute approximate surface area is 194 Å².